The Morgan fingerprint density at radius 1 is 1.31 bits per heavy atom. The number of guanidine groups is 1. The van der Waals surface area contributed by atoms with Crippen molar-refractivity contribution >= 4 is 35.6 Å². The number of para-hydroxylation sites is 2. The maximum absolute atomic E-state index is 5.50. The standard InChI is InChI=1S/C21H29N5O2.HI/c1-4-28-20-13-16(9-11-23-20)14-24-21(22-2)25-17-10-12-26(15-17)18-7-5-6-8-19(18)27-3;/h5-9,11,13,17H,4,10,12,14-15H2,1-3H3,(H2,22,24,25);1H. The van der Waals surface area contributed by atoms with Gasteiger partial charge in [0.25, 0.3) is 0 Å². The molecular formula is C21H30IN5O2. The highest BCUT2D eigenvalue weighted by Gasteiger charge is 2.25. The molecule has 0 spiro atoms. The average molecular weight is 511 g/mol. The minimum Gasteiger partial charge on any atom is -0.495 e. The molecule has 0 radical (unpaired) electrons. The highest BCUT2D eigenvalue weighted by molar-refractivity contribution is 14.0. The molecule has 8 heteroatoms. The molecule has 158 valence electrons. The number of nitrogens with one attached hydrogen (secondary N) is 2. The third-order valence-electron chi connectivity index (χ3n) is 4.73. The lowest BCUT2D eigenvalue weighted by atomic mass is 10.2. The molecule has 0 bridgehead atoms. The second kappa shape index (κ2) is 11.7. The molecule has 1 atom stereocenters. The Bertz CT molecular complexity index is 802. The molecule has 1 aliphatic heterocycles. The van der Waals surface area contributed by atoms with E-state index in [2.05, 4.69) is 31.6 Å². The Hall–Kier alpha value is -2.23. The quantitative estimate of drug-likeness (QED) is 0.339. The van der Waals surface area contributed by atoms with Crippen molar-refractivity contribution in [1.29, 1.82) is 0 Å². The van der Waals surface area contributed by atoms with Crippen LogP contribution in [0.15, 0.2) is 47.6 Å². The van der Waals surface area contributed by atoms with Crippen LogP contribution < -0.4 is 25.0 Å². The van der Waals surface area contributed by atoms with Crippen LogP contribution in [0.4, 0.5) is 5.69 Å². The van der Waals surface area contributed by atoms with E-state index < -0.39 is 0 Å². The molecule has 2 N–H and O–H groups in total. The molecular weight excluding hydrogens is 481 g/mol. The maximum Gasteiger partial charge on any atom is 0.213 e. The molecule has 1 aliphatic rings. The summed E-state index contributed by atoms with van der Waals surface area (Å²) in [5.41, 5.74) is 2.24. The largest absolute Gasteiger partial charge is 0.495 e. The lowest BCUT2D eigenvalue weighted by Crippen LogP contribution is -2.44. The zero-order chi connectivity index (χ0) is 19.8. The molecule has 0 saturated carbocycles. The van der Waals surface area contributed by atoms with Crippen molar-refractivity contribution in [2.75, 3.05) is 38.8 Å². The third-order valence-corrected chi connectivity index (χ3v) is 4.73. The number of anilines is 1. The fourth-order valence-electron chi connectivity index (χ4n) is 3.35. The predicted molar refractivity (Wildman–Crippen MR) is 128 cm³/mol. The van der Waals surface area contributed by atoms with Crippen LogP contribution in [0, 0.1) is 0 Å². The summed E-state index contributed by atoms with van der Waals surface area (Å²) in [6.45, 7) is 5.11. The van der Waals surface area contributed by atoms with E-state index in [-0.39, 0.29) is 24.0 Å². The van der Waals surface area contributed by atoms with Crippen LogP contribution in [0.3, 0.4) is 0 Å². The van der Waals surface area contributed by atoms with Crippen LogP contribution in [0.1, 0.15) is 18.9 Å². The normalized spacial score (nSPS) is 16.2. The number of aliphatic imine (C=N–C) groups is 1. The van der Waals surface area contributed by atoms with Gasteiger partial charge in [0.2, 0.25) is 5.88 Å². The summed E-state index contributed by atoms with van der Waals surface area (Å²) in [5.74, 6) is 2.35. The summed E-state index contributed by atoms with van der Waals surface area (Å²) in [6.07, 6.45) is 2.81. The maximum atomic E-state index is 5.50. The number of ether oxygens (including phenoxy) is 2. The van der Waals surface area contributed by atoms with Gasteiger partial charge in [-0.1, -0.05) is 12.1 Å². The number of nitrogens with zero attached hydrogens (tertiary/aromatic N) is 3. The lowest BCUT2D eigenvalue weighted by Gasteiger charge is -2.22. The first-order valence-electron chi connectivity index (χ1n) is 9.66. The van der Waals surface area contributed by atoms with E-state index in [1.54, 1.807) is 20.4 Å². The zero-order valence-corrected chi connectivity index (χ0v) is 19.6. The summed E-state index contributed by atoms with van der Waals surface area (Å²) in [4.78, 5) is 10.9. The smallest absolute Gasteiger partial charge is 0.213 e. The minimum atomic E-state index is 0. The van der Waals surface area contributed by atoms with Gasteiger partial charge in [-0.25, -0.2) is 4.98 Å². The summed E-state index contributed by atoms with van der Waals surface area (Å²) < 4.78 is 11.0. The number of pyridine rings is 1. The second-order valence-corrected chi connectivity index (χ2v) is 6.61. The average Bonchev–Trinajstić information content (AvgIpc) is 3.20. The molecule has 7 nitrogen and oxygen atoms in total. The SMILES string of the molecule is CCOc1cc(CNC(=NC)NC2CCN(c3ccccc3OC)C2)ccn1.I. The lowest BCUT2D eigenvalue weighted by molar-refractivity contribution is 0.326. The van der Waals surface area contributed by atoms with Crippen LogP contribution in [0.2, 0.25) is 0 Å². The van der Waals surface area contributed by atoms with Crippen molar-refractivity contribution in [3.05, 3.63) is 48.2 Å². The summed E-state index contributed by atoms with van der Waals surface area (Å²) in [5, 5.41) is 6.89. The highest BCUT2D eigenvalue weighted by atomic mass is 127. The molecule has 1 aromatic carbocycles. The van der Waals surface area contributed by atoms with Crippen LogP contribution in [0.5, 0.6) is 11.6 Å². The van der Waals surface area contributed by atoms with Gasteiger partial charge < -0.3 is 25.0 Å². The monoisotopic (exact) mass is 511 g/mol. The van der Waals surface area contributed by atoms with Gasteiger partial charge in [-0.05, 0) is 37.1 Å². The Kier molecular flexibility index (Phi) is 9.30. The molecule has 1 unspecified atom stereocenters. The van der Waals surface area contributed by atoms with E-state index in [0.29, 0.717) is 25.1 Å². The predicted octanol–water partition coefficient (Wildman–Crippen LogP) is 3.05. The fourth-order valence-corrected chi connectivity index (χ4v) is 3.35. The first kappa shape index (κ1) is 23.1. The van der Waals surface area contributed by atoms with Crippen LogP contribution in [-0.4, -0.2) is 50.8 Å². The van der Waals surface area contributed by atoms with E-state index in [4.69, 9.17) is 9.47 Å². The van der Waals surface area contributed by atoms with Gasteiger partial charge in [0.05, 0.1) is 19.4 Å². The Labute approximate surface area is 189 Å². The van der Waals surface area contributed by atoms with Crippen LogP contribution >= 0.6 is 24.0 Å². The summed E-state index contributed by atoms with van der Waals surface area (Å²) in [7, 11) is 3.51. The number of aromatic nitrogens is 1. The van der Waals surface area contributed by atoms with Gasteiger partial charge in [0.15, 0.2) is 5.96 Å². The first-order chi connectivity index (χ1) is 13.7. The molecule has 29 heavy (non-hydrogen) atoms. The van der Waals surface area contributed by atoms with Crippen molar-refractivity contribution in [1.82, 2.24) is 15.6 Å². The van der Waals surface area contributed by atoms with Crippen LogP contribution in [0.25, 0.3) is 0 Å². The molecule has 1 fully saturated rings. The van der Waals surface area contributed by atoms with E-state index in [9.17, 15) is 0 Å². The topological polar surface area (TPSA) is 71.0 Å². The van der Waals surface area contributed by atoms with Gasteiger partial charge in [-0.2, -0.15) is 0 Å². The number of benzene rings is 1. The van der Waals surface area contributed by atoms with Gasteiger partial charge in [-0.3, -0.25) is 4.99 Å². The van der Waals surface area contributed by atoms with E-state index in [1.807, 2.05) is 37.3 Å². The molecule has 0 amide bonds. The Balaban J connectivity index is 0.00000300. The number of hydrogen-bond acceptors (Lipinski definition) is 5. The molecule has 2 aromatic rings. The zero-order valence-electron chi connectivity index (χ0n) is 17.2. The molecule has 0 aliphatic carbocycles. The van der Waals surface area contributed by atoms with Crippen LogP contribution in [-0.2, 0) is 6.54 Å². The van der Waals surface area contributed by atoms with E-state index in [1.165, 1.54) is 0 Å². The fraction of sp³-hybridized carbons (Fsp3) is 0.429. The van der Waals surface area contributed by atoms with Crippen molar-refractivity contribution < 1.29 is 9.47 Å². The Morgan fingerprint density at radius 2 is 2.14 bits per heavy atom. The van der Waals surface area contributed by atoms with Gasteiger partial charge in [0.1, 0.15) is 5.75 Å². The molecule has 1 aromatic heterocycles. The van der Waals surface area contributed by atoms with E-state index >= 15 is 0 Å². The Morgan fingerprint density at radius 3 is 2.90 bits per heavy atom. The molecule has 3 rings (SSSR count). The van der Waals surface area contributed by atoms with Crippen molar-refractivity contribution in [2.24, 2.45) is 4.99 Å². The summed E-state index contributed by atoms with van der Waals surface area (Å²) in [6, 6.07) is 12.4. The van der Waals surface area contributed by atoms with Gasteiger partial charge >= 0.3 is 0 Å². The van der Waals surface area contributed by atoms with E-state index in [0.717, 1.165) is 42.5 Å². The number of rotatable bonds is 7. The third kappa shape index (κ3) is 6.38. The number of methoxy groups -OCH3 is 1. The minimum absolute atomic E-state index is 0. The van der Waals surface area contributed by atoms with Gasteiger partial charge in [-0.15, -0.1) is 24.0 Å². The van der Waals surface area contributed by atoms with Crippen molar-refractivity contribution in [3.63, 3.8) is 0 Å². The van der Waals surface area contributed by atoms with Gasteiger partial charge in [0, 0.05) is 45.0 Å². The van der Waals surface area contributed by atoms with Crippen molar-refractivity contribution in [3.8, 4) is 11.6 Å². The number of hydrogen-bond donors (Lipinski definition) is 2. The molecule has 1 saturated heterocycles. The molecule has 2 heterocycles. The first-order valence-corrected chi connectivity index (χ1v) is 9.66. The number of halogens is 1. The second-order valence-electron chi connectivity index (χ2n) is 6.61. The highest BCUT2D eigenvalue weighted by Crippen LogP contribution is 2.30. The summed E-state index contributed by atoms with van der Waals surface area (Å²) >= 11 is 0. The van der Waals surface area contributed by atoms with Crippen molar-refractivity contribution in [2.45, 2.75) is 25.9 Å².